The van der Waals surface area contributed by atoms with Gasteiger partial charge in [-0.2, -0.15) is 26.3 Å². The van der Waals surface area contributed by atoms with E-state index >= 15 is 0 Å². The standard InChI is InChI=1S/C54H54F6N2/c1-49(2,3)31-13-19-43-37(25-31)38-26-32(50(4,5)6)14-20-44(38)61(43)47-23-17-35(53(55,56)57)29-41(47)42-30-36(54(58,59)60)18-24-48(42)62-45-21-15-33(51(7,8)9)27-39(45)40-28-34(52(10,11)12)16-22-46(40)62/h13-30H,1-12H3. The van der Waals surface area contributed by atoms with E-state index in [1.54, 1.807) is 0 Å². The Bertz CT molecular complexity index is 2720. The van der Waals surface area contributed by atoms with Gasteiger partial charge in [-0.1, -0.05) is 107 Å². The van der Waals surface area contributed by atoms with Gasteiger partial charge in [-0.25, -0.2) is 0 Å². The Labute approximate surface area is 360 Å². The van der Waals surface area contributed by atoms with Crippen LogP contribution in [0.15, 0.2) is 109 Å². The first-order chi connectivity index (χ1) is 28.5. The number of benzene rings is 6. The number of fused-ring (bicyclic) bond motifs is 6. The van der Waals surface area contributed by atoms with Crippen LogP contribution in [0.4, 0.5) is 26.3 Å². The smallest absolute Gasteiger partial charge is 0.309 e. The molecular weight excluding hydrogens is 791 g/mol. The number of rotatable bonds is 3. The summed E-state index contributed by atoms with van der Waals surface area (Å²) in [5.74, 6) is 0. The van der Waals surface area contributed by atoms with Crippen molar-refractivity contribution in [2.75, 3.05) is 0 Å². The molecule has 8 heteroatoms. The van der Waals surface area contributed by atoms with Gasteiger partial charge in [-0.3, -0.25) is 0 Å². The summed E-state index contributed by atoms with van der Waals surface area (Å²) in [6.45, 7) is 25.5. The van der Waals surface area contributed by atoms with Gasteiger partial charge in [0.2, 0.25) is 0 Å². The van der Waals surface area contributed by atoms with Crippen LogP contribution in [0.5, 0.6) is 0 Å². The van der Waals surface area contributed by atoms with Gasteiger partial charge < -0.3 is 9.13 Å². The fourth-order valence-corrected chi connectivity index (χ4v) is 8.68. The van der Waals surface area contributed by atoms with Gasteiger partial charge in [-0.15, -0.1) is 0 Å². The number of nitrogens with zero attached hydrogens (tertiary/aromatic N) is 2. The van der Waals surface area contributed by atoms with E-state index in [1.165, 1.54) is 12.1 Å². The van der Waals surface area contributed by atoms with Gasteiger partial charge in [-0.05, 0) is 129 Å². The average molecular weight is 845 g/mol. The molecule has 0 bridgehead atoms. The van der Waals surface area contributed by atoms with Crippen LogP contribution >= 0.6 is 0 Å². The third-order valence-corrected chi connectivity index (χ3v) is 12.4. The highest BCUT2D eigenvalue weighted by Gasteiger charge is 2.35. The third kappa shape index (κ3) is 7.47. The first-order valence-electron chi connectivity index (χ1n) is 21.2. The lowest BCUT2D eigenvalue weighted by molar-refractivity contribution is -0.138. The molecule has 6 aromatic carbocycles. The molecule has 0 saturated carbocycles. The van der Waals surface area contributed by atoms with Crippen LogP contribution in [0.25, 0.3) is 66.1 Å². The normalized spacial score (nSPS) is 13.6. The zero-order valence-electron chi connectivity index (χ0n) is 37.6. The zero-order chi connectivity index (χ0) is 45.3. The molecule has 0 aliphatic heterocycles. The van der Waals surface area contributed by atoms with Gasteiger partial charge in [0.15, 0.2) is 0 Å². The van der Waals surface area contributed by atoms with Gasteiger partial charge in [0.1, 0.15) is 0 Å². The Balaban J connectivity index is 1.54. The maximum Gasteiger partial charge on any atom is 0.416 e. The summed E-state index contributed by atoms with van der Waals surface area (Å²) in [6, 6.07) is 31.5. The molecule has 0 saturated heterocycles. The molecule has 62 heavy (non-hydrogen) atoms. The molecule has 0 radical (unpaired) electrons. The van der Waals surface area contributed by atoms with Crippen LogP contribution in [0.3, 0.4) is 0 Å². The predicted octanol–water partition coefficient (Wildman–Crippen LogP) is 16.8. The minimum Gasteiger partial charge on any atom is -0.309 e. The lowest BCUT2D eigenvalue weighted by Gasteiger charge is -2.22. The molecule has 0 aliphatic carbocycles. The van der Waals surface area contributed by atoms with Crippen molar-refractivity contribution in [3.63, 3.8) is 0 Å². The first-order valence-corrected chi connectivity index (χ1v) is 21.2. The van der Waals surface area contributed by atoms with Crippen LogP contribution in [-0.4, -0.2) is 9.13 Å². The molecule has 0 N–H and O–H groups in total. The highest BCUT2D eigenvalue weighted by atomic mass is 19.4. The van der Waals surface area contributed by atoms with Crippen LogP contribution < -0.4 is 0 Å². The van der Waals surface area contributed by atoms with Gasteiger partial charge >= 0.3 is 12.4 Å². The van der Waals surface area contributed by atoms with E-state index in [1.807, 2.05) is 57.7 Å². The highest BCUT2D eigenvalue weighted by Crippen LogP contribution is 2.46. The molecule has 8 rings (SSSR count). The lowest BCUT2D eigenvalue weighted by Crippen LogP contribution is -2.11. The number of aromatic nitrogens is 2. The number of hydrogen-bond acceptors (Lipinski definition) is 0. The molecule has 0 unspecified atom stereocenters. The summed E-state index contributed by atoms with van der Waals surface area (Å²) in [5.41, 5.74) is 5.18. The van der Waals surface area contributed by atoms with Crippen molar-refractivity contribution in [2.45, 2.75) is 117 Å². The van der Waals surface area contributed by atoms with E-state index in [2.05, 4.69) is 107 Å². The predicted molar refractivity (Wildman–Crippen MR) is 245 cm³/mol. The Morgan fingerprint density at radius 2 is 0.516 bits per heavy atom. The molecule has 0 fully saturated rings. The summed E-state index contributed by atoms with van der Waals surface area (Å²) in [6.07, 6.45) is -9.56. The molecule has 0 spiro atoms. The number of hydrogen-bond donors (Lipinski definition) is 0. The molecule has 2 nitrogen and oxygen atoms in total. The van der Waals surface area contributed by atoms with E-state index in [9.17, 15) is 26.3 Å². The van der Waals surface area contributed by atoms with Crippen molar-refractivity contribution in [3.05, 3.63) is 143 Å². The van der Waals surface area contributed by atoms with Crippen molar-refractivity contribution < 1.29 is 26.3 Å². The van der Waals surface area contributed by atoms with E-state index in [-0.39, 0.29) is 32.8 Å². The van der Waals surface area contributed by atoms with Crippen LogP contribution in [0.2, 0.25) is 0 Å². The van der Waals surface area contributed by atoms with Crippen molar-refractivity contribution in [1.29, 1.82) is 0 Å². The van der Waals surface area contributed by atoms with Crippen molar-refractivity contribution in [3.8, 4) is 22.5 Å². The molecule has 0 aliphatic rings. The summed E-state index contributed by atoms with van der Waals surface area (Å²) in [5, 5.41) is 3.61. The maximum atomic E-state index is 14.9. The molecular formula is C54H54F6N2. The minimum absolute atomic E-state index is 0.0205. The summed E-state index contributed by atoms with van der Waals surface area (Å²) >= 11 is 0. The Hall–Kier alpha value is -5.50. The Kier molecular flexibility index (Phi) is 9.75. The molecule has 8 aromatic rings. The van der Waals surface area contributed by atoms with E-state index < -0.39 is 23.5 Å². The second kappa shape index (κ2) is 14.0. The largest absolute Gasteiger partial charge is 0.416 e. The summed E-state index contributed by atoms with van der Waals surface area (Å²) < 4.78 is 93.3. The monoisotopic (exact) mass is 844 g/mol. The molecule has 322 valence electrons. The van der Waals surface area contributed by atoms with Crippen LogP contribution in [-0.2, 0) is 34.0 Å². The zero-order valence-corrected chi connectivity index (χ0v) is 37.6. The fourth-order valence-electron chi connectivity index (χ4n) is 8.68. The average Bonchev–Trinajstić information content (AvgIpc) is 3.66. The van der Waals surface area contributed by atoms with Crippen LogP contribution in [0.1, 0.15) is 116 Å². The number of alkyl halides is 6. The van der Waals surface area contributed by atoms with Gasteiger partial charge in [0, 0.05) is 32.7 Å². The van der Waals surface area contributed by atoms with E-state index in [4.69, 9.17) is 0 Å². The SMILES string of the molecule is CC(C)(C)c1ccc2c(c1)c1cc(C(C)(C)C)ccc1n2-c1ccc(C(F)(F)F)cc1-c1cc(C(F)(F)F)ccc1-n1c2ccc(C(C)(C)C)cc2c2cc(C(C)(C)C)ccc21. The lowest BCUT2D eigenvalue weighted by atomic mass is 9.85. The van der Waals surface area contributed by atoms with Crippen molar-refractivity contribution >= 4 is 43.6 Å². The molecule has 2 heterocycles. The molecule has 0 atom stereocenters. The molecule has 0 amide bonds. The second-order valence-corrected chi connectivity index (χ2v) is 21.1. The van der Waals surface area contributed by atoms with E-state index in [0.29, 0.717) is 11.4 Å². The van der Waals surface area contributed by atoms with E-state index in [0.717, 1.165) is 90.1 Å². The topological polar surface area (TPSA) is 9.86 Å². The summed E-state index contributed by atoms with van der Waals surface area (Å²) in [7, 11) is 0. The van der Waals surface area contributed by atoms with Crippen molar-refractivity contribution in [2.24, 2.45) is 0 Å². The second-order valence-electron chi connectivity index (χ2n) is 21.1. The van der Waals surface area contributed by atoms with Gasteiger partial charge in [0.05, 0.1) is 44.6 Å². The summed E-state index contributed by atoms with van der Waals surface area (Å²) in [4.78, 5) is 0. The van der Waals surface area contributed by atoms with Crippen LogP contribution in [0, 0.1) is 0 Å². The molecule has 2 aromatic heterocycles. The third-order valence-electron chi connectivity index (χ3n) is 12.4. The highest BCUT2D eigenvalue weighted by molar-refractivity contribution is 6.12. The maximum absolute atomic E-state index is 14.9. The quantitative estimate of drug-likeness (QED) is 0.157. The van der Waals surface area contributed by atoms with Crippen molar-refractivity contribution in [1.82, 2.24) is 9.13 Å². The Morgan fingerprint density at radius 3 is 0.726 bits per heavy atom. The minimum atomic E-state index is -4.78. The van der Waals surface area contributed by atoms with Gasteiger partial charge in [0.25, 0.3) is 0 Å². The Morgan fingerprint density at radius 1 is 0.290 bits per heavy atom. The first kappa shape index (κ1) is 43.2. The fraction of sp³-hybridized carbons (Fsp3) is 0.333. The number of halogens is 6.